The van der Waals surface area contributed by atoms with Crippen LogP contribution in [0.25, 0.3) is 15.6 Å². The highest BCUT2D eigenvalue weighted by molar-refractivity contribution is 9.10. The lowest BCUT2D eigenvalue weighted by Crippen LogP contribution is -2.35. The summed E-state index contributed by atoms with van der Waals surface area (Å²) in [5, 5.41) is 23.7. The number of aromatic nitrogens is 2. The van der Waals surface area contributed by atoms with Crippen LogP contribution in [0, 0.1) is 12.5 Å². The van der Waals surface area contributed by atoms with Crippen LogP contribution >= 0.6 is 15.9 Å². The van der Waals surface area contributed by atoms with Gasteiger partial charge in [0.05, 0.1) is 18.2 Å². The van der Waals surface area contributed by atoms with E-state index in [1.54, 1.807) is 7.11 Å². The molecule has 0 saturated carbocycles. The largest absolute Gasteiger partial charge is 0.496 e. The van der Waals surface area contributed by atoms with E-state index in [0.29, 0.717) is 24.0 Å². The smallest absolute Gasteiger partial charge is 0.188 e. The zero-order valence-corrected chi connectivity index (χ0v) is 18.9. The highest BCUT2D eigenvalue weighted by atomic mass is 79.9. The summed E-state index contributed by atoms with van der Waals surface area (Å²) >= 11 is 3.52. The fourth-order valence-corrected chi connectivity index (χ4v) is 4.48. The van der Waals surface area contributed by atoms with E-state index in [0.717, 1.165) is 58.3 Å². The molecule has 3 aromatic rings. The van der Waals surface area contributed by atoms with Crippen molar-refractivity contribution in [1.82, 2.24) is 10.2 Å². The Morgan fingerprint density at radius 2 is 2.00 bits per heavy atom. The topological polar surface area (TPSA) is 74.9 Å². The minimum Gasteiger partial charge on any atom is -0.496 e. The van der Waals surface area contributed by atoms with E-state index < -0.39 is 0 Å². The van der Waals surface area contributed by atoms with Gasteiger partial charge in [0.15, 0.2) is 17.3 Å². The van der Waals surface area contributed by atoms with Gasteiger partial charge in [-0.05, 0) is 58.5 Å². The minimum absolute atomic E-state index is 0.235. The molecule has 8 heteroatoms. The molecule has 4 rings (SSSR count). The maximum Gasteiger partial charge on any atom is 0.188 e. The van der Waals surface area contributed by atoms with Crippen molar-refractivity contribution >= 4 is 44.0 Å². The molecule has 0 unspecified atom stereocenters. The van der Waals surface area contributed by atoms with Crippen molar-refractivity contribution < 1.29 is 9.84 Å². The van der Waals surface area contributed by atoms with Crippen molar-refractivity contribution in [2.45, 2.75) is 19.4 Å². The minimum atomic E-state index is 0.235. The van der Waals surface area contributed by atoms with Crippen LogP contribution in [-0.4, -0.2) is 42.1 Å². The Labute approximate surface area is 190 Å². The number of ether oxygens (including phenoxy) is 1. The van der Waals surface area contributed by atoms with E-state index in [4.69, 9.17) is 11.3 Å². The van der Waals surface area contributed by atoms with Gasteiger partial charge < -0.3 is 20.1 Å². The lowest BCUT2D eigenvalue weighted by molar-refractivity contribution is 0.203. The van der Waals surface area contributed by atoms with Crippen LogP contribution in [0.4, 0.5) is 17.3 Å². The average Bonchev–Trinajstić information content (AvgIpc) is 2.82. The Balaban J connectivity index is 1.63. The second-order valence-corrected chi connectivity index (χ2v) is 8.50. The summed E-state index contributed by atoms with van der Waals surface area (Å²) in [6, 6.07) is 11.6. The maximum atomic E-state index is 9.42. The molecule has 7 nitrogen and oxygen atoms in total. The molecule has 0 spiro atoms. The van der Waals surface area contributed by atoms with E-state index in [1.807, 2.05) is 36.4 Å². The van der Waals surface area contributed by atoms with Crippen molar-refractivity contribution in [3.05, 3.63) is 57.9 Å². The molecule has 31 heavy (non-hydrogen) atoms. The van der Waals surface area contributed by atoms with Crippen molar-refractivity contribution in [2.24, 2.45) is 5.92 Å². The molecule has 1 aliphatic rings. The predicted molar refractivity (Wildman–Crippen MR) is 126 cm³/mol. The van der Waals surface area contributed by atoms with Gasteiger partial charge in [0.25, 0.3) is 0 Å². The van der Waals surface area contributed by atoms with E-state index in [-0.39, 0.29) is 6.61 Å². The molecule has 160 valence electrons. The SMILES string of the molecule is [C-]#[N+]c1ccc2c(N3CCC(CO)CC3)nnc(NCc3ccc(OC)c(Br)c3)c2c1. The first-order valence-electron chi connectivity index (χ1n) is 10.2. The van der Waals surface area contributed by atoms with Crippen LogP contribution in [0.1, 0.15) is 18.4 Å². The number of aliphatic hydroxyl groups excluding tert-OH is 1. The van der Waals surface area contributed by atoms with Crippen molar-refractivity contribution in [2.75, 3.05) is 37.0 Å². The molecule has 0 atom stereocenters. The van der Waals surface area contributed by atoms with Gasteiger partial charge in [0, 0.05) is 37.0 Å². The number of anilines is 2. The Kier molecular flexibility index (Phi) is 6.54. The van der Waals surface area contributed by atoms with E-state index >= 15 is 0 Å². The number of rotatable bonds is 6. The number of nitrogens with one attached hydrogen (secondary N) is 1. The van der Waals surface area contributed by atoms with Gasteiger partial charge in [-0.2, -0.15) is 0 Å². The molecule has 0 radical (unpaired) electrons. The summed E-state index contributed by atoms with van der Waals surface area (Å²) in [7, 11) is 1.64. The number of fused-ring (bicyclic) bond motifs is 1. The highest BCUT2D eigenvalue weighted by Crippen LogP contribution is 2.34. The Morgan fingerprint density at radius 1 is 1.19 bits per heavy atom. The second-order valence-electron chi connectivity index (χ2n) is 7.65. The Morgan fingerprint density at radius 3 is 2.68 bits per heavy atom. The summed E-state index contributed by atoms with van der Waals surface area (Å²) in [6.45, 7) is 9.88. The van der Waals surface area contributed by atoms with Crippen molar-refractivity contribution in [3.63, 3.8) is 0 Å². The number of benzene rings is 2. The van der Waals surface area contributed by atoms with Gasteiger partial charge in [-0.3, -0.25) is 0 Å². The van der Waals surface area contributed by atoms with Crippen LogP contribution in [0.15, 0.2) is 40.9 Å². The zero-order valence-electron chi connectivity index (χ0n) is 17.3. The van der Waals surface area contributed by atoms with Gasteiger partial charge in [-0.1, -0.05) is 18.2 Å². The molecule has 0 bridgehead atoms. The van der Waals surface area contributed by atoms with E-state index in [1.165, 1.54) is 0 Å². The quantitative estimate of drug-likeness (QED) is 0.493. The fourth-order valence-electron chi connectivity index (χ4n) is 3.89. The lowest BCUT2D eigenvalue weighted by atomic mass is 9.97. The molecule has 2 aromatic carbocycles. The Hall–Kier alpha value is -2.89. The summed E-state index contributed by atoms with van der Waals surface area (Å²) < 4.78 is 6.19. The number of hydrogen-bond donors (Lipinski definition) is 2. The van der Waals surface area contributed by atoms with Crippen molar-refractivity contribution in [1.29, 1.82) is 0 Å². The van der Waals surface area contributed by atoms with Gasteiger partial charge in [-0.25, -0.2) is 4.85 Å². The normalized spacial score (nSPS) is 14.5. The van der Waals surface area contributed by atoms with Gasteiger partial charge in [0.2, 0.25) is 0 Å². The van der Waals surface area contributed by atoms with Crippen LogP contribution in [0.5, 0.6) is 5.75 Å². The first-order valence-corrected chi connectivity index (χ1v) is 11.0. The number of piperidine rings is 1. The molecule has 2 heterocycles. The monoisotopic (exact) mass is 481 g/mol. The molecule has 0 amide bonds. The number of methoxy groups -OCH3 is 1. The number of nitrogens with zero attached hydrogens (tertiary/aromatic N) is 4. The Bertz CT molecular complexity index is 1120. The first kappa shape index (κ1) is 21.3. The third kappa shape index (κ3) is 4.58. The first-order chi connectivity index (χ1) is 15.1. The third-order valence-electron chi connectivity index (χ3n) is 5.72. The molecule has 0 aliphatic carbocycles. The molecular formula is C23H24BrN5O2. The molecule has 1 saturated heterocycles. The fraction of sp³-hybridized carbons (Fsp3) is 0.348. The van der Waals surface area contributed by atoms with E-state index in [2.05, 4.69) is 41.2 Å². The summed E-state index contributed by atoms with van der Waals surface area (Å²) in [5.41, 5.74) is 1.64. The summed E-state index contributed by atoms with van der Waals surface area (Å²) in [5.74, 6) is 2.63. The maximum absolute atomic E-state index is 9.42. The van der Waals surface area contributed by atoms with Gasteiger partial charge in [0.1, 0.15) is 5.75 Å². The lowest BCUT2D eigenvalue weighted by Gasteiger charge is -2.32. The molecular weight excluding hydrogens is 458 g/mol. The van der Waals surface area contributed by atoms with Crippen LogP contribution in [-0.2, 0) is 6.54 Å². The standard InChI is InChI=1S/C23H24BrN5O2/c1-25-17-4-5-18-19(12-17)22(26-13-16-3-6-21(31-2)20(24)11-16)27-28-23(18)29-9-7-15(14-30)8-10-29/h3-6,11-12,15,30H,7-10,13-14H2,2H3,(H,26,27). The molecule has 1 aliphatic heterocycles. The molecule has 2 N–H and O–H groups in total. The highest BCUT2D eigenvalue weighted by Gasteiger charge is 2.22. The van der Waals surface area contributed by atoms with Crippen LogP contribution in [0.2, 0.25) is 0 Å². The molecule has 1 aromatic heterocycles. The third-order valence-corrected chi connectivity index (χ3v) is 6.34. The summed E-state index contributed by atoms with van der Waals surface area (Å²) in [6.07, 6.45) is 1.87. The van der Waals surface area contributed by atoms with Crippen LogP contribution in [0.3, 0.4) is 0 Å². The summed E-state index contributed by atoms with van der Waals surface area (Å²) in [4.78, 5) is 5.81. The molecule has 1 fully saturated rings. The average molecular weight is 482 g/mol. The van der Waals surface area contributed by atoms with Crippen molar-refractivity contribution in [3.8, 4) is 5.75 Å². The number of hydrogen-bond acceptors (Lipinski definition) is 6. The number of aliphatic hydroxyl groups is 1. The second kappa shape index (κ2) is 9.50. The predicted octanol–water partition coefficient (Wildman–Crippen LogP) is 4.77. The number of halogens is 1. The van der Waals surface area contributed by atoms with E-state index in [9.17, 15) is 5.11 Å². The zero-order chi connectivity index (χ0) is 21.8. The van der Waals surface area contributed by atoms with Crippen LogP contribution < -0.4 is 15.0 Å². The van der Waals surface area contributed by atoms with Gasteiger partial charge >= 0.3 is 0 Å². The van der Waals surface area contributed by atoms with Gasteiger partial charge in [-0.15, -0.1) is 10.2 Å².